The highest BCUT2D eigenvalue weighted by atomic mass is 35.5. The second kappa shape index (κ2) is 8.26. The van der Waals surface area contributed by atoms with Gasteiger partial charge in [-0.25, -0.2) is 0 Å². The molecule has 24 heavy (non-hydrogen) atoms. The molecular formula is C17H23ClN4O2. The molecule has 0 radical (unpaired) electrons. The SMILES string of the molecule is CCC(=O)N1CCCC(c2nc(-c3ccc(CN)cc3)no2)C1.Cl. The van der Waals surface area contributed by atoms with E-state index in [0.717, 1.165) is 30.5 Å². The number of piperidine rings is 1. The molecule has 1 saturated heterocycles. The largest absolute Gasteiger partial charge is 0.342 e. The van der Waals surface area contributed by atoms with Gasteiger partial charge in [-0.1, -0.05) is 36.3 Å². The first kappa shape index (κ1) is 18.4. The van der Waals surface area contributed by atoms with E-state index in [0.29, 0.717) is 31.2 Å². The Balaban J connectivity index is 0.00000208. The van der Waals surface area contributed by atoms with E-state index in [4.69, 9.17) is 10.3 Å². The highest BCUT2D eigenvalue weighted by Crippen LogP contribution is 2.27. The Morgan fingerprint density at radius 1 is 1.38 bits per heavy atom. The molecule has 0 aliphatic carbocycles. The molecule has 0 saturated carbocycles. The number of hydrogen-bond acceptors (Lipinski definition) is 5. The zero-order chi connectivity index (χ0) is 16.2. The summed E-state index contributed by atoms with van der Waals surface area (Å²) >= 11 is 0. The number of hydrogen-bond donors (Lipinski definition) is 1. The molecule has 1 aliphatic heterocycles. The first-order valence-electron chi connectivity index (χ1n) is 8.12. The normalized spacial score (nSPS) is 17.4. The lowest BCUT2D eigenvalue weighted by molar-refractivity contribution is -0.132. The minimum Gasteiger partial charge on any atom is -0.342 e. The van der Waals surface area contributed by atoms with E-state index >= 15 is 0 Å². The highest BCUT2D eigenvalue weighted by molar-refractivity contribution is 5.85. The minimum absolute atomic E-state index is 0. The zero-order valence-corrected chi connectivity index (χ0v) is 14.6. The maximum absolute atomic E-state index is 11.9. The third-order valence-electron chi connectivity index (χ3n) is 4.32. The third kappa shape index (κ3) is 3.94. The van der Waals surface area contributed by atoms with Crippen LogP contribution >= 0.6 is 12.4 Å². The monoisotopic (exact) mass is 350 g/mol. The number of carbonyl (C=O) groups is 1. The van der Waals surface area contributed by atoms with Gasteiger partial charge in [0.2, 0.25) is 17.6 Å². The molecule has 1 fully saturated rings. The smallest absolute Gasteiger partial charge is 0.231 e. The Morgan fingerprint density at radius 3 is 2.79 bits per heavy atom. The molecule has 7 heteroatoms. The fraction of sp³-hybridized carbons (Fsp3) is 0.471. The molecule has 0 spiro atoms. The van der Waals surface area contributed by atoms with E-state index in [1.54, 1.807) is 0 Å². The van der Waals surface area contributed by atoms with Gasteiger partial charge in [0, 0.05) is 31.6 Å². The summed E-state index contributed by atoms with van der Waals surface area (Å²) in [6, 6.07) is 7.83. The maximum atomic E-state index is 11.9. The van der Waals surface area contributed by atoms with Crippen molar-refractivity contribution in [1.82, 2.24) is 15.0 Å². The fourth-order valence-corrected chi connectivity index (χ4v) is 2.94. The molecule has 2 heterocycles. The number of benzene rings is 1. The van der Waals surface area contributed by atoms with E-state index in [1.807, 2.05) is 36.1 Å². The van der Waals surface area contributed by atoms with Gasteiger partial charge >= 0.3 is 0 Å². The molecule has 6 nitrogen and oxygen atoms in total. The Labute approximate surface area is 147 Å². The molecule has 1 unspecified atom stereocenters. The summed E-state index contributed by atoms with van der Waals surface area (Å²) in [4.78, 5) is 18.3. The van der Waals surface area contributed by atoms with E-state index in [-0.39, 0.29) is 24.2 Å². The first-order chi connectivity index (χ1) is 11.2. The van der Waals surface area contributed by atoms with Gasteiger partial charge in [0.25, 0.3) is 0 Å². The summed E-state index contributed by atoms with van der Waals surface area (Å²) in [6.07, 6.45) is 2.48. The van der Waals surface area contributed by atoms with Crippen molar-refractivity contribution in [1.29, 1.82) is 0 Å². The van der Waals surface area contributed by atoms with Gasteiger partial charge < -0.3 is 15.2 Å². The average molecular weight is 351 g/mol. The Hall–Kier alpha value is -1.92. The summed E-state index contributed by atoms with van der Waals surface area (Å²) in [7, 11) is 0. The van der Waals surface area contributed by atoms with Crippen LogP contribution in [-0.4, -0.2) is 34.0 Å². The molecule has 2 N–H and O–H groups in total. The Bertz CT molecular complexity index is 671. The molecule has 1 aromatic carbocycles. The molecule has 1 amide bonds. The van der Waals surface area contributed by atoms with Crippen molar-refractivity contribution in [3.05, 3.63) is 35.7 Å². The summed E-state index contributed by atoms with van der Waals surface area (Å²) in [5, 5.41) is 4.09. The van der Waals surface area contributed by atoms with Crippen molar-refractivity contribution in [3.63, 3.8) is 0 Å². The fourth-order valence-electron chi connectivity index (χ4n) is 2.94. The van der Waals surface area contributed by atoms with Crippen LogP contribution in [0.4, 0.5) is 0 Å². The van der Waals surface area contributed by atoms with Gasteiger partial charge in [-0.2, -0.15) is 4.98 Å². The standard InChI is InChI=1S/C17H22N4O2.ClH/c1-2-15(22)21-9-3-4-14(11-21)17-19-16(20-23-17)13-7-5-12(10-18)6-8-13;/h5-8,14H,2-4,9-11,18H2,1H3;1H. The van der Waals surface area contributed by atoms with Gasteiger partial charge in [-0.15, -0.1) is 12.4 Å². The molecule has 1 aliphatic rings. The third-order valence-corrected chi connectivity index (χ3v) is 4.32. The molecule has 1 atom stereocenters. The summed E-state index contributed by atoms with van der Waals surface area (Å²) < 4.78 is 5.45. The van der Waals surface area contributed by atoms with Crippen molar-refractivity contribution in [2.75, 3.05) is 13.1 Å². The van der Waals surface area contributed by atoms with Crippen LogP contribution in [0.3, 0.4) is 0 Å². The number of likely N-dealkylation sites (tertiary alicyclic amines) is 1. The molecule has 0 bridgehead atoms. The zero-order valence-electron chi connectivity index (χ0n) is 13.8. The predicted octanol–water partition coefficient (Wildman–Crippen LogP) is 2.73. The van der Waals surface area contributed by atoms with Crippen LogP contribution in [0.25, 0.3) is 11.4 Å². The van der Waals surface area contributed by atoms with Crippen molar-refractivity contribution in [2.24, 2.45) is 5.73 Å². The molecule has 130 valence electrons. The minimum atomic E-state index is 0. The van der Waals surface area contributed by atoms with Crippen LogP contribution in [-0.2, 0) is 11.3 Å². The van der Waals surface area contributed by atoms with E-state index in [2.05, 4.69) is 10.1 Å². The van der Waals surface area contributed by atoms with Crippen molar-refractivity contribution in [2.45, 2.75) is 38.6 Å². The van der Waals surface area contributed by atoms with Crippen molar-refractivity contribution >= 4 is 18.3 Å². The summed E-state index contributed by atoms with van der Waals surface area (Å²) in [5.74, 6) is 1.52. The Kier molecular flexibility index (Phi) is 6.34. The number of nitrogens with two attached hydrogens (primary N) is 1. The quantitative estimate of drug-likeness (QED) is 0.916. The van der Waals surface area contributed by atoms with Gasteiger partial charge in [-0.3, -0.25) is 4.79 Å². The Morgan fingerprint density at radius 2 is 2.12 bits per heavy atom. The van der Waals surface area contributed by atoms with Crippen LogP contribution in [0.2, 0.25) is 0 Å². The lowest BCUT2D eigenvalue weighted by Gasteiger charge is -2.30. The number of aromatic nitrogens is 2. The van der Waals surface area contributed by atoms with Crippen LogP contribution < -0.4 is 5.73 Å². The second-order valence-electron chi connectivity index (χ2n) is 5.89. The molecule has 3 rings (SSSR count). The van der Waals surface area contributed by atoms with Gasteiger partial charge in [0.1, 0.15) is 0 Å². The first-order valence-corrected chi connectivity index (χ1v) is 8.12. The number of carbonyl (C=O) groups excluding carboxylic acids is 1. The number of rotatable bonds is 4. The van der Waals surface area contributed by atoms with E-state index in [1.165, 1.54) is 0 Å². The van der Waals surface area contributed by atoms with E-state index in [9.17, 15) is 4.79 Å². The average Bonchev–Trinajstić information content (AvgIpc) is 3.11. The predicted molar refractivity (Wildman–Crippen MR) is 93.7 cm³/mol. The number of amides is 1. The highest BCUT2D eigenvalue weighted by Gasteiger charge is 2.28. The van der Waals surface area contributed by atoms with E-state index < -0.39 is 0 Å². The van der Waals surface area contributed by atoms with Crippen molar-refractivity contribution < 1.29 is 9.32 Å². The maximum Gasteiger partial charge on any atom is 0.231 e. The summed E-state index contributed by atoms with van der Waals surface area (Å²) in [5.41, 5.74) is 7.59. The van der Waals surface area contributed by atoms with Crippen LogP contribution in [0.1, 0.15) is 43.6 Å². The van der Waals surface area contributed by atoms with Crippen LogP contribution in [0.5, 0.6) is 0 Å². The molecular weight excluding hydrogens is 328 g/mol. The topological polar surface area (TPSA) is 85.2 Å². The van der Waals surface area contributed by atoms with Gasteiger partial charge in [0.15, 0.2) is 0 Å². The molecule has 1 aromatic heterocycles. The van der Waals surface area contributed by atoms with Crippen LogP contribution in [0, 0.1) is 0 Å². The lowest BCUT2D eigenvalue weighted by atomic mass is 9.97. The van der Waals surface area contributed by atoms with Crippen molar-refractivity contribution in [3.8, 4) is 11.4 Å². The summed E-state index contributed by atoms with van der Waals surface area (Å²) in [6.45, 7) is 3.90. The van der Waals surface area contributed by atoms with Crippen LogP contribution in [0.15, 0.2) is 28.8 Å². The second-order valence-corrected chi connectivity index (χ2v) is 5.89. The number of nitrogens with zero attached hydrogens (tertiary/aromatic N) is 3. The lowest BCUT2D eigenvalue weighted by Crippen LogP contribution is -2.38. The van der Waals surface area contributed by atoms with Gasteiger partial charge in [-0.05, 0) is 18.4 Å². The number of halogens is 1. The molecule has 2 aromatic rings. The van der Waals surface area contributed by atoms with Gasteiger partial charge in [0.05, 0.1) is 5.92 Å².